The van der Waals surface area contributed by atoms with Crippen molar-refractivity contribution in [2.75, 3.05) is 11.9 Å². The van der Waals surface area contributed by atoms with Crippen molar-refractivity contribution in [3.63, 3.8) is 0 Å². The molecule has 148 valence electrons. The van der Waals surface area contributed by atoms with Crippen LogP contribution in [0.3, 0.4) is 0 Å². The molecule has 1 amide bonds. The highest BCUT2D eigenvalue weighted by Crippen LogP contribution is 2.16. The van der Waals surface area contributed by atoms with E-state index in [0.717, 1.165) is 19.3 Å². The minimum absolute atomic E-state index is 0.0270. The van der Waals surface area contributed by atoms with Gasteiger partial charge >= 0.3 is 0 Å². The maximum absolute atomic E-state index is 13.2. The SMILES string of the molecule is O=C(Cc1cccc(F)c1)Nc1ccc(S(=O)(=O)NC2=NCCCCC2)cc1. The number of sulfonamides is 1. The van der Waals surface area contributed by atoms with E-state index in [1.807, 2.05) is 0 Å². The Kier molecular flexibility index (Phi) is 6.41. The summed E-state index contributed by atoms with van der Waals surface area (Å²) in [7, 11) is -3.71. The van der Waals surface area contributed by atoms with Gasteiger partial charge in [-0.15, -0.1) is 0 Å². The molecular formula is C20H22FN3O3S. The molecular weight excluding hydrogens is 381 g/mol. The molecule has 0 saturated heterocycles. The van der Waals surface area contributed by atoms with Crippen molar-refractivity contribution in [2.24, 2.45) is 4.99 Å². The Hall–Kier alpha value is -2.74. The summed E-state index contributed by atoms with van der Waals surface area (Å²) in [6.45, 7) is 0.633. The summed E-state index contributed by atoms with van der Waals surface area (Å²) in [5.74, 6) is -0.220. The largest absolute Gasteiger partial charge is 0.326 e. The van der Waals surface area contributed by atoms with Gasteiger partial charge < -0.3 is 5.32 Å². The van der Waals surface area contributed by atoms with Crippen LogP contribution in [-0.2, 0) is 21.2 Å². The lowest BCUT2D eigenvalue weighted by Crippen LogP contribution is -2.30. The van der Waals surface area contributed by atoms with Crippen LogP contribution in [0, 0.1) is 5.82 Å². The topological polar surface area (TPSA) is 87.6 Å². The van der Waals surface area contributed by atoms with E-state index >= 15 is 0 Å². The Morgan fingerprint density at radius 2 is 1.86 bits per heavy atom. The van der Waals surface area contributed by atoms with E-state index < -0.39 is 15.8 Å². The van der Waals surface area contributed by atoms with E-state index in [4.69, 9.17) is 0 Å². The first-order valence-electron chi connectivity index (χ1n) is 9.13. The average molecular weight is 403 g/mol. The third-order valence-corrected chi connectivity index (χ3v) is 5.73. The lowest BCUT2D eigenvalue weighted by molar-refractivity contribution is -0.115. The van der Waals surface area contributed by atoms with Crippen LogP contribution in [-0.4, -0.2) is 26.7 Å². The number of halogens is 1. The summed E-state index contributed by atoms with van der Waals surface area (Å²) in [4.78, 5) is 16.5. The molecule has 3 rings (SSSR count). The summed E-state index contributed by atoms with van der Waals surface area (Å²) in [5.41, 5.74) is 1.03. The maximum atomic E-state index is 13.2. The Balaban J connectivity index is 1.62. The Morgan fingerprint density at radius 3 is 2.61 bits per heavy atom. The van der Waals surface area contributed by atoms with Crippen molar-refractivity contribution < 1.29 is 17.6 Å². The van der Waals surface area contributed by atoms with Gasteiger partial charge in [-0.1, -0.05) is 18.6 Å². The fraction of sp³-hybridized carbons (Fsp3) is 0.300. The van der Waals surface area contributed by atoms with Crippen molar-refractivity contribution in [3.05, 3.63) is 59.9 Å². The minimum atomic E-state index is -3.71. The van der Waals surface area contributed by atoms with E-state index in [1.165, 1.54) is 36.4 Å². The number of nitrogens with one attached hydrogen (secondary N) is 2. The number of amides is 1. The van der Waals surface area contributed by atoms with Gasteiger partial charge in [0.1, 0.15) is 11.7 Å². The Bertz CT molecular complexity index is 972. The number of benzene rings is 2. The number of carbonyl (C=O) groups excluding carboxylic acids is 1. The van der Waals surface area contributed by atoms with Crippen molar-refractivity contribution in [1.29, 1.82) is 0 Å². The third-order valence-electron chi connectivity index (χ3n) is 4.33. The zero-order chi connectivity index (χ0) is 20.0. The molecule has 0 aliphatic carbocycles. The lowest BCUT2D eigenvalue weighted by Gasteiger charge is -2.11. The number of anilines is 1. The van der Waals surface area contributed by atoms with Gasteiger partial charge in [-0.05, 0) is 54.8 Å². The molecule has 1 aliphatic rings. The number of carbonyl (C=O) groups is 1. The highest BCUT2D eigenvalue weighted by atomic mass is 32.2. The van der Waals surface area contributed by atoms with Crippen LogP contribution in [0.2, 0.25) is 0 Å². The summed E-state index contributed by atoms with van der Waals surface area (Å²) < 4.78 is 40.7. The molecule has 1 aliphatic heterocycles. The van der Waals surface area contributed by atoms with Crippen LogP contribution in [0.5, 0.6) is 0 Å². The second-order valence-electron chi connectivity index (χ2n) is 6.62. The van der Waals surface area contributed by atoms with E-state index in [-0.39, 0.29) is 17.2 Å². The molecule has 0 radical (unpaired) electrons. The smallest absolute Gasteiger partial charge is 0.262 e. The summed E-state index contributed by atoms with van der Waals surface area (Å²) in [5, 5.41) is 2.68. The van der Waals surface area contributed by atoms with Crippen LogP contribution in [0.4, 0.5) is 10.1 Å². The molecule has 28 heavy (non-hydrogen) atoms. The fourth-order valence-electron chi connectivity index (χ4n) is 2.93. The van der Waals surface area contributed by atoms with Gasteiger partial charge in [-0.2, -0.15) is 0 Å². The van der Waals surface area contributed by atoms with E-state index in [9.17, 15) is 17.6 Å². The van der Waals surface area contributed by atoms with Crippen LogP contribution in [0.1, 0.15) is 31.2 Å². The number of rotatable bonds is 5. The predicted molar refractivity (Wildman–Crippen MR) is 106 cm³/mol. The molecule has 6 nitrogen and oxygen atoms in total. The van der Waals surface area contributed by atoms with Gasteiger partial charge in [0, 0.05) is 18.7 Å². The molecule has 2 N–H and O–H groups in total. The minimum Gasteiger partial charge on any atom is -0.326 e. The third kappa shape index (κ3) is 5.63. The Morgan fingerprint density at radius 1 is 1.07 bits per heavy atom. The first-order valence-corrected chi connectivity index (χ1v) is 10.6. The Labute approximate surface area is 163 Å². The molecule has 2 aromatic rings. The molecule has 0 bridgehead atoms. The fourth-order valence-corrected chi connectivity index (χ4v) is 4.02. The van der Waals surface area contributed by atoms with Gasteiger partial charge in [-0.3, -0.25) is 14.5 Å². The van der Waals surface area contributed by atoms with Crippen LogP contribution >= 0.6 is 0 Å². The molecule has 0 spiro atoms. The van der Waals surface area contributed by atoms with E-state index in [2.05, 4.69) is 15.0 Å². The first-order chi connectivity index (χ1) is 13.4. The van der Waals surface area contributed by atoms with Crippen molar-refractivity contribution in [3.8, 4) is 0 Å². The maximum Gasteiger partial charge on any atom is 0.262 e. The normalized spacial score (nSPS) is 14.7. The molecule has 0 unspecified atom stereocenters. The molecule has 0 fully saturated rings. The summed E-state index contributed by atoms with van der Waals surface area (Å²) in [6.07, 6.45) is 3.57. The first kappa shape index (κ1) is 20.0. The van der Waals surface area contributed by atoms with Crippen LogP contribution in [0.15, 0.2) is 58.4 Å². The number of nitrogens with zero attached hydrogens (tertiary/aromatic N) is 1. The van der Waals surface area contributed by atoms with E-state index in [1.54, 1.807) is 12.1 Å². The molecule has 0 aromatic heterocycles. The van der Waals surface area contributed by atoms with E-state index in [0.29, 0.717) is 30.1 Å². The predicted octanol–water partition coefficient (Wildman–Crippen LogP) is 3.26. The zero-order valence-electron chi connectivity index (χ0n) is 15.3. The van der Waals surface area contributed by atoms with Gasteiger partial charge in [0.25, 0.3) is 10.0 Å². The zero-order valence-corrected chi connectivity index (χ0v) is 16.1. The van der Waals surface area contributed by atoms with Crippen molar-refractivity contribution in [1.82, 2.24) is 4.72 Å². The van der Waals surface area contributed by atoms with Gasteiger partial charge in [-0.25, -0.2) is 12.8 Å². The standard InChI is InChI=1S/C20H22FN3O3S/c21-16-6-4-5-15(13-16)14-20(25)23-17-8-10-18(11-9-17)28(26,27)24-19-7-2-1-3-12-22-19/h4-6,8-11,13H,1-3,7,12,14H2,(H,22,24)(H,23,25). The number of amidine groups is 1. The highest BCUT2D eigenvalue weighted by molar-refractivity contribution is 7.90. The second kappa shape index (κ2) is 8.97. The molecule has 1 heterocycles. The number of aliphatic imine (C=N–C) groups is 1. The van der Waals surface area contributed by atoms with Gasteiger partial charge in [0.05, 0.1) is 11.3 Å². The van der Waals surface area contributed by atoms with Crippen molar-refractivity contribution in [2.45, 2.75) is 37.0 Å². The quantitative estimate of drug-likeness (QED) is 0.803. The lowest BCUT2D eigenvalue weighted by atomic mass is 10.1. The second-order valence-corrected chi connectivity index (χ2v) is 8.31. The average Bonchev–Trinajstić information content (AvgIpc) is 2.90. The van der Waals surface area contributed by atoms with Crippen LogP contribution < -0.4 is 10.0 Å². The van der Waals surface area contributed by atoms with Crippen LogP contribution in [0.25, 0.3) is 0 Å². The number of hydrogen-bond acceptors (Lipinski definition) is 4. The molecule has 0 atom stereocenters. The van der Waals surface area contributed by atoms with Gasteiger partial charge in [0.2, 0.25) is 5.91 Å². The molecule has 0 saturated carbocycles. The molecule has 2 aromatic carbocycles. The monoisotopic (exact) mass is 403 g/mol. The van der Waals surface area contributed by atoms with Crippen molar-refractivity contribution >= 4 is 27.5 Å². The number of hydrogen-bond donors (Lipinski definition) is 2. The summed E-state index contributed by atoms with van der Waals surface area (Å²) >= 11 is 0. The molecule has 8 heteroatoms. The summed E-state index contributed by atoms with van der Waals surface area (Å²) in [6, 6.07) is 11.7. The highest BCUT2D eigenvalue weighted by Gasteiger charge is 2.17. The van der Waals surface area contributed by atoms with Gasteiger partial charge in [0.15, 0.2) is 0 Å².